The van der Waals surface area contributed by atoms with Gasteiger partial charge in [-0.1, -0.05) is 18.2 Å². The Hall–Kier alpha value is -1.11. The van der Waals surface area contributed by atoms with Gasteiger partial charge in [-0.3, -0.25) is 4.90 Å². The van der Waals surface area contributed by atoms with Gasteiger partial charge in [0.25, 0.3) is 0 Å². The molecule has 2 unspecified atom stereocenters. The number of likely N-dealkylation sites (N-methyl/N-ethyl adjacent to an activating group) is 1. The first-order chi connectivity index (χ1) is 9.79. The summed E-state index contributed by atoms with van der Waals surface area (Å²) in [5.41, 5.74) is 5.59. The number of likely N-dealkylation sites (tertiary alicyclic amines) is 1. The molecule has 1 aromatic rings. The van der Waals surface area contributed by atoms with Crippen LogP contribution in [0.25, 0.3) is 0 Å². The zero-order chi connectivity index (χ0) is 15.6. The Kier molecular flexibility index (Phi) is 4.91. The van der Waals surface area contributed by atoms with Crippen molar-refractivity contribution in [2.75, 3.05) is 33.7 Å². The maximum absolute atomic E-state index is 13.0. The highest BCUT2D eigenvalue weighted by molar-refractivity contribution is 5.32. The minimum absolute atomic E-state index is 0.179. The zero-order valence-corrected chi connectivity index (χ0v) is 12.4. The highest BCUT2D eigenvalue weighted by atomic mass is 19.4. The number of nitrogens with zero attached hydrogens (tertiary/aromatic N) is 2. The van der Waals surface area contributed by atoms with Crippen molar-refractivity contribution in [1.82, 2.24) is 9.80 Å². The second kappa shape index (κ2) is 6.34. The third kappa shape index (κ3) is 3.96. The van der Waals surface area contributed by atoms with E-state index < -0.39 is 17.8 Å². The van der Waals surface area contributed by atoms with Crippen LogP contribution in [0.4, 0.5) is 13.2 Å². The third-order valence-electron chi connectivity index (χ3n) is 4.10. The number of alkyl halides is 3. The van der Waals surface area contributed by atoms with Gasteiger partial charge in [-0.15, -0.1) is 0 Å². The fourth-order valence-corrected chi connectivity index (χ4v) is 2.85. The molecule has 1 fully saturated rings. The molecule has 6 heteroatoms. The van der Waals surface area contributed by atoms with Crippen molar-refractivity contribution in [1.29, 1.82) is 0 Å². The van der Waals surface area contributed by atoms with Crippen molar-refractivity contribution in [2.24, 2.45) is 5.73 Å². The van der Waals surface area contributed by atoms with Crippen LogP contribution in [-0.4, -0.2) is 49.6 Å². The van der Waals surface area contributed by atoms with E-state index in [4.69, 9.17) is 5.73 Å². The molecule has 118 valence electrons. The van der Waals surface area contributed by atoms with E-state index in [-0.39, 0.29) is 5.56 Å². The predicted octanol–water partition coefficient (Wildman–Crippen LogP) is 2.34. The van der Waals surface area contributed by atoms with E-state index in [1.54, 1.807) is 6.07 Å². The molecule has 2 N–H and O–H groups in total. The predicted molar refractivity (Wildman–Crippen MR) is 76.9 cm³/mol. The first-order valence-electron chi connectivity index (χ1n) is 7.09. The summed E-state index contributed by atoms with van der Waals surface area (Å²) in [6.45, 7) is 2.19. The second-order valence-electron chi connectivity index (χ2n) is 5.86. The van der Waals surface area contributed by atoms with Gasteiger partial charge in [-0.2, -0.15) is 13.2 Å². The maximum Gasteiger partial charge on any atom is 0.416 e. The van der Waals surface area contributed by atoms with Crippen LogP contribution in [0.2, 0.25) is 0 Å². The molecule has 2 atom stereocenters. The van der Waals surface area contributed by atoms with E-state index in [1.165, 1.54) is 12.1 Å². The Morgan fingerprint density at radius 3 is 2.57 bits per heavy atom. The normalized spacial score (nSPS) is 22.0. The van der Waals surface area contributed by atoms with Gasteiger partial charge in [-0.05, 0) is 38.7 Å². The van der Waals surface area contributed by atoms with Crippen LogP contribution >= 0.6 is 0 Å². The van der Waals surface area contributed by atoms with Gasteiger partial charge in [0.1, 0.15) is 0 Å². The molecule has 1 saturated heterocycles. The number of nitrogens with two attached hydrogens (primary N) is 1. The topological polar surface area (TPSA) is 32.5 Å². The Bertz CT molecular complexity index is 473. The standard InChI is InChI=1S/C15H22F3N3/c1-20(2)11-7-8-21(9-11)10-14(19)12-5-3-4-6-13(12)15(16,17)18/h3-6,11,14H,7-10,19H2,1-2H3. The minimum atomic E-state index is -4.36. The lowest BCUT2D eigenvalue weighted by atomic mass is 10.00. The van der Waals surface area contributed by atoms with Crippen LogP contribution in [0.5, 0.6) is 0 Å². The van der Waals surface area contributed by atoms with Gasteiger partial charge in [0.2, 0.25) is 0 Å². The quantitative estimate of drug-likeness (QED) is 0.926. The summed E-state index contributed by atoms with van der Waals surface area (Å²) < 4.78 is 39.0. The molecule has 0 aliphatic carbocycles. The van der Waals surface area contributed by atoms with Crippen LogP contribution in [0, 0.1) is 0 Å². The third-order valence-corrected chi connectivity index (χ3v) is 4.10. The van der Waals surface area contributed by atoms with Crippen LogP contribution in [0.1, 0.15) is 23.6 Å². The van der Waals surface area contributed by atoms with Gasteiger partial charge in [0.15, 0.2) is 0 Å². The fraction of sp³-hybridized carbons (Fsp3) is 0.600. The molecule has 0 radical (unpaired) electrons. The summed E-state index contributed by atoms with van der Waals surface area (Å²) >= 11 is 0. The van der Waals surface area contributed by atoms with Crippen LogP contribution in [0.15, 0.2) is 24.3 Å². The summed E-state index contributed by atoms with van der Waals surface area (Å²) in [5, 5.41) is 0. The van der Waals surface area contributed by atoms with Gasteiger partial charge < -0.3 is 10.6 Å². The lowest BCUT2D eigenvalue weighted by Crippen LogP contribution is -2.35. The average molecular weight is 301 g/mol. The van der Waals surface area contributed by atoms with Crippen molar-refractivity contribution in [2.45, 2.75) is 24.7 Å². The van der Waals surface area contributed by atoms with Gasteiger partial charge in [0, 0.05) is 25.2 Å². The summed E-state index contributed by atoms with van der Waals surface area (Å²) in [7, 11) is 4.04. The molecule has 1 heterocycles. The summed E-state index contributed by atoms with van der Waals surface area (Å²) in [5.74, 6) is 0. The number of benzene rings is 1. The van der Waals surface area contributed by atoms with Crippen LogP contribution in [0.3, 0.4) is 0 Å². The van der Waals surface area contributed by atoms with Crippen molar-refractivity contribution >= 4 is 0 Å². The van der Waals surface area contributed by atoms with E-state index in [2.05, 4.69) is 9.80 Å². The van der Waals surface area contributed by atoms with Gasteiger partial charge >= 0.3 is 6.18 Å². The van der Waals surface area contributed by atoms with Crippen molar-refractivity contribution in [3.8, 4) is 0 Å². The molecule has 3 nitrogen and oxygen atoms in total. The average Bonchev–Trinajstić information content (AvgIpc) is 2.86. The number of hydrogen-bond acceptors (Lipinski definition) is 3. The minimum Gasteiger partial charge on any atom is -0.323 e. The molecule has 1 aliphatic heterocycles. The first kappa shape index (κ1) is 16.3. The van der Waals surface area contributed by atoms with Gasteiger partial charge in [-0.25, -0.2) is 0 Å². The lowest BCUT2D eigenvalue weighted by Gasteiger charge is -2.24. The molecule has 0 spiro atoms. The second-order valence-corrected chi connectivity index (χ2v) is 5.86. The molecule has 1 aliphatic rings. The Balaban J connectivity index is 2.06. The number of rotatable bonds is 4. The van der Waals surface area contributed by atoms with Crippen molar-refractivity contribution in [3.63, 3.8) is 0 Å². The largest absolute Gasteiger partial charge is 0.416 e. The Morgan fingerprint density at radius 1 is 1.33 bits per heavy atom. The maximum atomic E-state index is 13.0. The monoisotopic (exact) mass is 301 g/mol. The van der Waals surface area contributed by atoms with E-state index in [9.17, 15) is 13.2 Å². The Labute approximate surface area is 123 Å². The van der Waals surface area contributed by atoms with E-state index in [1.807, 2.05) is 14.1 Å². The molecule has 2 rings (SSSR count). The number of halogens is 3. The molecule has 0 saturated carbocycles. The number of hydrogen-bond donors (Lipinski definition) is 1. The van der Waals surface area contributed by atoms with E-state index >= 15 is 0 Å². The Morgan fingerprint density at radius 2 is 2.00 bits per heavy atom. The van der Waals surface area contributed by atoms with Crippen molar-refractivity contribution in [3.05, 3.63) is 35.4 Å². The first-order valence-corrected chi connectivity index (χ1v) is 7.09. The molecule has 0 amide bonds. The molecule has 0 aromatic heterocycles. The smallest absolute Gasteiger partial charge is 0.323 e. The highest BCUT2D eigenvalue weighted by Gasteiger charge is 2.35. The zero-order valence-electron chi connectivity index (χ0n) is 12.4. The molecular weight excluding hydrogens is 279 g/mol. The van der Waals surface area contributed by atoms with Gasteiger partial charge in [0.05, 0.1) is 5.56 Å². The fourth-order valence-electron chi connectivity index (χ4n) is 2.85. The molecule has 0 bridgehead atoms. The van der Waals surface area contributed by atoms with Crippen LogP contribution in [-0.2, 0) is 6.18 Å². The van der Waals surface area contributed by atoms with E-state index in [0.717, 1.165) is 25.6 Å². The van der Waals surface area contributed by atoms with Crippen LogP contribution < -0.4 is 5.73 Å². The highest BCUT2D eigenvalue weighted by Crippen LogP contribution is 2.34. The van der Waals surface area contributed by atoms with Crippen molar-refractivity contribution < 1.29 is 13.2 Å². The summed E-state index contributed by atoms with van der Waals surface area (Å²) in [6, 6.07) is 5.42. The van der Waals surface area contributed by atoms with E-state index in [0.29, 0.717) is 12.6 Å². The molecule has 1 aromatic carbocycles. The lowest BCUT2D eigenvalue weighted by molar-refractivity contribution is -0.138. The summed E-state index contributed by atoms with van der Waals surface area (Å²) in [4.78, 5) is 4.29. The molecule has 21 heavy (non-hydrogen) atoms. The SMILES string of the molecule is CN(C)C1CCN(CC(N)c2ccccc2C(F)(F)F)C1. The molecular formula is C15H22F3N3. The summed E-state index contributed by atoms with van der Waals surface area (Å²) in [6.07, 6.45) is -3.33.